The first kappa shape index (κ1) is 14.9. The Kier molecular flexibility index (Phi) is 13.1. The van der Waals surface area contributed by atoms with Gasteiger partial charge in [-0.05, 0) is 26.4 Å². The van der Waals surface area contributed by atoms with Crippen LogP contribution in [0.15, 0.2) is 0 Å². The number of ether oxygens (including phenoxy) is 1. The van der Waals surface area contributed by atoms with Crippen molar-refractivity contribution in [2.45, 2.75) is 33.6 Å². The lowest BCUT2D eigenvalue weighted by atomic mass is 10.2. The number of hydrogen-bond donors (Lipinski definition) is 1. The number of nitrogens with one attached hydrogen (secondary N) is 1. The van der Waals surface area contributed by atoms with Crippen LogP contribution < -0.4 is 5.32 Å². The molecule has 0 heterocycles. The molecule has 0 fully saturated rings. The average Bonchev–Trinajstić information content (AvgIpc) is 2.03. The zero-order valence-electron chi connectivity index (χ0n) is 9.52. The summed E-state index contributed by atoms with van der Waals surface area (Å²) in [6.45, 7) is 6.58. The van der Waals surface area contributed by atoms with Gasteiger partial charge in [0.05, 0.1) is 6.61 Å². The molecule has 0 aromatic rings. The molecule has 0 aromatic carbocycles. The van der Waals surface area contributed by atoms with Crippen molar-refractivity contribution >= 4 is 5.97 Å². The molecule has 0 aliphatic carbocycles. The molecular weight excluding hydrogens is 166 g/mol. The van der Waals surface area contributed by atoms with E-state index in [1.165, 1.54) is 0 Å². The first-order valence-corrected chi connectivity index (χ1v) is 4.82. The molecular formula is C10H23NO2. The molecule has 0 aliphatic heterocycles. The second-order valence-electron chi connectivity index (χ2n) is 3.33. The fraction of sp³-hybridized carbons (Fsp3) is 0.900. The fourth-order valence-corrected chi connectivity index (χ4v) is 0.536. The van der Waals surface area contributed by atoms with E-state index in [2.05, 4.69) is 5.32 Å². The van der Waals surface area contributed by atoms with Crippen LogP contribution in [0.2, 0.25) is 0 Å². The van der Waals surface area contributed by atoms with Crippen LogP contribution in [-0.2, 0) is 9.53 Å². The van der Waals surface area contributed by atoms with Crippen molar-refractivity contribution in [1.29, 1.82) is 0 Å². The summed E-state index contributed by atoms with van der Waals surface area (Å²) in [5, 5.41) is 2.75. The second-order valence-corrected chi connectivity index (χ2v) is 3.33. The Hall–Kier alpha value is -0.570. The largest absolute Gasteiger partial charge is 0.465 e. The third-order valence-electron chi connectivity index (χ3n) is 1.03. The Morgan fingerprint density at radius 3 is 2.15 bits per heavy atom. The number of carbonyl (C=O) groups excluding carboxylic acids is 1. The second kappa shape index (κ2) is 11.4. The van der Waals surface area contributed by atoms with Crippen molar-refractivity contribution in [2.75, 3.05) is 20.7 Å². The molecule has 1 N–H and O–H groups in total. The van der Waals surface area contributed by atoms with Gasteiger partial charge in [-0.15, -0.1) is 0 Å². The highest BCUT2D eigenvalue weighted by Crippen LogP contribution is 1.96. The van der Waals surface area contributed by atoms with Crippen LogP contribution >= 0.6 is 0 Å². The zero-order valence-corrected chi connectivity index (χ0v) is 9.52. The minimum Gasteiger partial charge on any atom is -0.465 e. The number of esters is 1. The van der Waals surface area contributed by atoms with Gasteiger partial charge in [-0.3, -0.25) is 4.79 Å². The zero-order chi connectivity index (χ0) is 10.7. The molecule has 0 unspecified atom stereocenters. The third-order valence-corrected chi connectivity index (χ3v) is 1.03. The summed E-state index contributed by atoms with van der Waals surface area (Å²) in [6, 6.07) is 0. The van der Waals surface area contributed by atoms with E-state index >= 15 is 0 Å². The molecule has 3 nitrogen and oxygen atoms in total. The SMILES string of the molecule is CCCC(=O)OCC(C)C.CNC. The number of carbonyl (C=O) groups is 1. The van der Waals surface area contributed by atoms with Gasteiger partial charge in [0.15, 0.2) is 0 Å². The molecule has 0 rings (SSSR count). The van der Waals surface area contributed by atoms with Gasteiger partial charge in [0.25, 0.3) is 0 Å². The van der Waals surface area contributed by atoms with Gasteiger partial charge < -0.3 is 10.1 Å². The molecule has 0 amide bonds. The van der Waals surface area contributed by atoms with Gasteiger partial charge in [-0.1, -0.05) is 20.8 Å². The molecule has 0 bridgehead atoms. The molecule has 0 atom stereocenters. The summed E-state index contributed by atoms with van der Waals surface area (Å²) in [6.07, 6.45) is 1.42. The first-order valence-electron chi connectivity index (χ1n) is 4.82. The van der Waals surface area contributed by atoms with E-state index in [0.29, 0.717) is 18.9 Å². The molecule has 0 saturated heterocycles. The van der Waals surface area contributed by atoms with E-state index in [1.807, 2.05) is 34.9 Å². The fourth-order valence-electron chi connectivity index (χ4n) is 0.536. The normalized spacial score (nSPS) is 9.08. The molecule has 0 saturated carbocycles. The monoisotopic (exact) mass is 189 g/mol. The molecule has 0 spiro atoms. The van der Waals surface area contributed by atoms with E-state index < -0.39 is 0 Å². The Labute approximate surface area is 81.9 Å². The minimum atomic E-state index is -0.0730. The van der Waals surface area contributed by atoms with E-state index in [1.54, 1.807) is 0 Å². The lowest BCUT2D eigenvalue weighted by Crippen LogP contribution is -2.08. The average molecular weight is 189 g/mol. The molecule has 0 radical (unpaired) electrons. The van der Waals surface area contributed by atoms with E-state index in [9.17, 15) is 4.79 Å². The van der Waals surface area contributed by atoms with Crippen LogP contribution in [0.4, 0.5) is 0 Å². The van der Waals surface area contributed by atoms with Crippen molar-refractivity contribution in [2.24, 2.45) is 5.92 Å². The van der Waals surface area contributed by atoms with Crippen molar-refractivity contribution < 1.29 is 9.53 Å². The third kappa shape index (κ3) is 18.4. The Morgan fingerprint density at radius 1 is 1.38 bits per heavy atom. The van der Waals surface area contributed by atoms with Gasteiger partial charge in [0, 0.05) is 6.42 Å². The van der Waals surface area contributed by atoms with Crippen molar-refractivity contribution in [3.63, 3.8) is 0 Å². The van der Waals surface area contributed by atoms with Crippen LogP contribution in [0.5, 0.6) is 0 Å². The number of rotatable bonds is 4. The van der Waals surface area contributed by atoms with E-state index in [-0.39, 0.29) is 5.97 Å². The van der Waals surface area contributed by atoms with Crippen molar-refractivity contribution in [3.8, 4) is 0 Å². The van der Waals surface area contributed by atoms with Crippen molar-refractivity contribution in [3.05, 3.63) is 0 Å². The molecule has 0 aromatic heterocycles. The van der Waals surface area contributed by atoms with Crippen LogP contribution in [0.25, 0.3) is 0 Å². The van der Waals surface area contributed by atoms with Crippen molar-refractivity contribution in [1.82, 2.24) is 5.32 Å². The molecule has 80 valence electrons. The maximum absolute atomic E-state index is 10.7. The number of hydrogen-bond acceptors (Lipinski definition) is 3. The van der Waals surface area contributed by atoms with Crippen LogP contribution in [0.3, 0.4) is 0 Å². The van der Waals surface area contributed by atoms with Gasteiger partial charge in [-0.2, -0.15) is 0 Å². The topological polar surface area (TPSA) is 38.3 Å². The van der Waals surface area contributed by atoms with Crippen LogP contribution in [0, 0.1) is 5.92 Å². The van der Waals surface area contributed by atoms with Crippen LogP contribution in [-0.4, -0.2) is 26.7 Å². The summed E-state index contributed by atoms with van der Waals surface area (Å²) in [4.78, 5) is 10.7. The quantitative estimate of drug-likeness (QED) is 0.686. The minimum absolute atomic E-state index is 0.0730. The smallest absolute Gasteiger partial charge is 0.305 e. The summed E-state index contributed by atoms with van der Waals surface area (Å²) in [7, 11) is 3.75. The molecule has 0 aliphatic rings. The Morgan fingerprint density at radius 2 is 1.85 bits per heavy atom. The Balaban J connectivity index is 0. The van der Waals surface area contributed by atoms with E-state index in [0.717, 1.165) is 6.42 Å². The van der Waals surface area contributed by atoms with Gasteiger partial charge in [0.1, 0.15) is 0 Å². The predicted molar refractivity (Wildman–Crippen MR) is 55.7 cm³/mol. The lowest BCUT2D eigenvalue weighted by Gasteiger charge is -2.05. The van der Waals surface area contributed by atoms with Gasteiger partial charge >= 0.3 is 5.97 Å². The highest BCUT2D eigenvalue weighted by Gasteiger charge is 2.00. The summed E-state index contributed by atoms with van der Waals surface area (Å²) in [5.74, 6) is 0.372. The highest BCUT2D eigenvalue weighted by atomic mass is 16.5. The predicted octanol–water partition coefficient (Wildman–Crippen LogP) is 1.82. The lowest BCUT2D eigenvalue weighted by molar-refractivity contribution is -0.144. The molecule has 3 heteroatoms. The van der Waals surface area contributed by atoms with E-state index in [4.69, 9.17) is 4.74 Å². The van der Waals surface area contributed by atoms with Gasteiger partial charge in [0.2, 0.25) is 0 Å². The first-order chi connectivity index (χ1) is 6.08. The van der Waals surface area contributed by atoms with Gasteiger partial charge in [-0.25, -0.2) is 0 Å². The summed E-state index contributed by atoms with van der Waals surface area (Å²) in [5.41, 5.74) is 0. The Bertz CT molecular complexity index is 113. The maximum atomic E-state index is 10.7. The van der Waals surface area contributed by atoms with Crippen LogP contribution in [0.1, 0.15) is 33.6 Å². The summed E-state index contributed by atoms with van der Waals surface area (Å²) >= 11 is 0. The summed E-state index contributed by atoms with van der Waals surface area (Å²) < 4.78 is 4.90. The maximum Gasteiger partial charge on any atom is 0.305 e. The highest BCUT2D eigenvalue weighted by molar-refractivity contribution is 5.69. The molecule has 13 heavy (non-hydrogen) atoms. The standard InChI is InChI=1S/C8H16O2.C2H7N/c1-4-5-8(9)10-6-7(2)3;1-3-2/h7H,4-6H2,1-3H3;3H,1-2H3.